The maximum absolute atomic E-state index is 11.6. The maximum atomic E-state index is 11.6. The normalized spacial score (nSPS) is 29.3. The lowest BCUT2D eigenvalue weighted by atomic mass is 9.98. The highest BCUT2D eigenvalue weighted by atomic mass is 16.2. The van der Waals surface area contributed by atoms with Crippen LogP contribution >= 0.6 is 0 Å². The third-order valence-electron chi connectivity index (χ3n) is 3.19. The summed E-state index contributed by atoms with van der Waals surface area (Å²) >= 11 is 0. The highest BCUT2D eigenvalue weighted by molar-refractivity contribution is 6.06. The number of amides is 2. The molecule has 0 aromatic rings. The Kier molecular flexibility index (Phi) is 2.21. The summed E-state index contributed by atoms with van der Waals surface area (Å²) in [6.07, 6.45) is 3.21. The lowest BCUT2D eigenvalue weighted by molar-refractivity contribution is 0.188. The summed E-state index contributed by atoms with van der Waals surface area (Å²) in [5.74, 6) is 0.762. The molecule has 2 rings (SSSR count). The third-order valence-corrected chi connectivity index (χ3v) is 3.19. The first-order chi connectivity index (χ1) is 6.65. The Morgan fingerprint density at radius 2 is 2.29 bits per heavy atom. The van der Waals surface area contributed by atoms with Gasteiger partial charge in [-0.25, -0.2) is 4.79 Å². The second-order valence-electron chi connectivity index (χ2n) is 4.31. The number of rotatable bonds is 3. The van der Waals surface area contributed by atoms with Gasteiger partial charge in [-0.05, 0) is 18.8 Å². The second-order valence-corrected chi connectivity index (χ2v) is 4.31. The van der Waals surface area contributed by atoms with Crippen LogP contribution in [0, 0.1) is 11.3 Å². The summed E-state index contributed by atoms with van der Waals surface area (Å²) in [5.41, 5.74) is 0. The van der Waals surface area contributed by atoms with Crippen LogP contribution in [0.2, 0.25) is 0 Å². The number of carbonyl (C=O) groups is 1. The smallest absolute Gasteiger partial charge is 0.311 e. The standard InChI is InChI=1S/C10H17N3O/c1-3-6(2)8-9(11)12-10(14)13(8)7-4-5-7/h6-8H,3-5H2,1-2H3,(H2,11,12,14). The molecule has 2 atom stereocenters. The first-order valence-corrected chi connectivity index (χ1v) is 5.33. The Hall–Kier alpha value is -1.06. The van der Waals surface area contributed by atoms with E-state index in [2.05, 4.69) is 19.2 Å². The van der Waals surface area contributed by atoms with Gasteiger partial charge in [0.05, 0.1) is 6.04 Å². The van der Waals surface area contributed by atoms with E-state index in [0.29, 0.717) is 17.8 Å². The number of nitrogens with one attached hydrogen (secondary N) is 2. The van der Waals surface area contributed by atoms with Crippen LogP contribution < -0.4 is 5.32 Å². The Morgan fingerprint density at radius 1 is 1.64 bits per heavy atom. The van der Waals surface area contributed by atoms with Crippen LogP contribution in [-0.2, 0) is 0 Å². The number of amidine groups is 1. The largest absolute Gasteiger partial charge is 0.323 e. The first kappa shape index (κ1) is 9.49. The van der Waals surface area contributed by atoms with Crippen molar-refractivity contribution in [1.82, 2.24) is 10.2 Å². The van der Waals surface area contributed by atoms with Gasteiger partial charge in [0.25, 0.3) is 0 Å². The summed E-state index contributed by atoms with van der Waals surface area (Å²) in [7, 11) is 0. The summed E-state index contributed by atoms with van der Waals surface area (Å²) in [4.78, 5) is 13.4. The van der Waals surface area contributed by atoms with E-state index in [0.717, 1.165) is 19.3 Å². The molecule has 14 heavy (non-hydrogen) atoms. The molecule has 2 amide bonds. The molecule has 2 unspecified atom stereocenters. The van der Waals surface area contributed by atoms with E-state index in [1.54, 1.807) is 0 Å². The van der Waals surface area contributed by atoms with Crippen molar-refractivity contribution in [1.29, 1.82) is 5.41 Å². The van der Waals surface area contributed by atoms with Crippen molar-refractivity contribution in [3.63, 3.8) is 0 Å². The molecule has 2 aliphatic rings. The van der Waals surface area contributed by atoms with Crippen LogP contribution in [0.15, 0.2) is 0 Å². The molecule has 2 fully saturated rings. The SMILES string of the molecule is CCC(C)C1C(=N)NC(=O)N1C1CC1. The predicted molar refractivity (Wildman–Crippen MR) is 54.4 cm³/mol. The van der Waals surface area contributed by atoms with E-state index in [1.165, 1.54) is 0 Å². The lowest BCUT2D eigenvalue weighted by Crippen LogP contribution is -2.40. The number of carbonyl (C=O) groups excluding carboxylic acids is 1. The maximum Gasteiger partial charge on any atom is 0.323 e. The van der Waals surface area contributed by atoms with Gasteiger partial charge in [-0.1, -0.05) is 20.3 Å². The lowest BCUT2D eigenvalue weighted by Gasteiger charge is -2.26. The van der Waals surface area contributed by atoms with Crippen molar-refractivity contribution in [3.8, 4) is 0 Å². The third kappa shape index (κ3) is 1.38. The molecule has 0 radical (unpaired) electrons. The van der Waals surface area contributed by atoms with Gasteiger partial charge in [-0.2, -0.15) is 0 Å². The van der Waals surface area contributed by atoms with E-state index >= 15 is 0 Å². The molecule has 1 heterocycles. The fourth-order valence-corrected chi connectivity index (χ4v) is 2.05. The molecule has 1 aliphatic heterocycles. The molecule has 1 aliphatic carbocycles. The van der Waals surface area contributed by atoms with Crippen LogP contribution in [0.3, 0.4) is 0 Å². The van der Waals surface area contributed by atoms with E-state index in [1.807, 2.05) is 4.90 Å². The van der Waals surface area contributed by atoms with Crippen molar-refractivity contribution in [2.75, 3.05) is 0 Å². The van der Waals surface area contributed by atoms with Gasteiger partial charge in [0, 0.05) is 6.04 Å². The van der Waals surface area contributed by atoms with Crippen LogP contribution in [0.1, 0.15) is 33.1 Å². The highest BCUT2D eigenvalue weighted by Gasteiger charge is 2.45. The van der Waals surface area contributed by atoms with Crippen molar-refractivity contribution in [2.45, 2.75) is 45.2 Å². The number of nitrogens with zero attached hydrogens (tertiary/aromatic N) is 1. The van der Waals surface area contributed by atoms with Gasteiger partial charge >= 0.3 is 6.03 Å². The zero-order valence-electron chi connectivity index (χ0n) is 8.71. The summed E-state index contributed by atoms with van der Waals surface area (Å²) in [5, 5.41) is 10.4. The summed E-state index contributed by atoms with van der Waals surface area (Å²) in [6.45, 7) is 4.21. The molecule has 4 heteroatoms. The zero-order chi connectivity index (χ0) is 10.3. The zero-order valence-corrected chi connectivity index (χ0v) is 8.71. The monoisotopic (exact) mass is 195 g/mol. The molecule has 78 valence electrons. The van der Waals surface area contributed by atoms with Crippen LogP contribution in [0.25, 0.3) is 0 Å². The topological polar surface area (TPSA) is 56.2 Å². The molecule has 1 saturated carbocycles. The molecule has 0 aromatic carbocycles. The molecular formula is C10H17N3O. The second kappa shape index (κ2) is 3.26. The van der Waals surface area contributed by atoms with Crippen molar-refractivity contribution in [2.24, 2.45) is 5.92 Å². The molecule has 2 N–H and O–H groups in total. The van der Waals surface area contributed by atoms with Crippen LogP contribution in [0.5, 0.6) is 0 Å². The fourth-order valence-electron chi connectivity index (χ4n) is 2.05. The first-order valence-electron chi connectivity index (χ1n) is 5.33. The van der Waals surface area contributed by atoms with E-state index < -0.39 is 0 Å². The predicted octanol–water partition coefficient (Wildman–Crippen LogP) is 1.57. The fraction of sp³-hybridized carbons (Fsp3) is 0.800. The highest BCUT2D eigenvalue weighted by Crippen LogP contribution is 2.33. The minimum absolute atomic E-state index is 0.000000000000000444. The number of hydrogen-bond acceptors (Lipinski definition) is 2. The van der Waals surface area contributed by atoms with Gasteiger partial charge in [0.2, 0.25) is 0 Å². The van der Waals surface area contributed by atoms with Gasteiger partial charge in [-0.3, -0.25) is 10.7 Å². The van der Waals surface area contributed by atoms with E-state index in [-0.39, 0.29) is 12.1 Å². The Bertz CT molecular complexity index is 273. The van der Waals surface area contributed by atoms with Crippen LogP contribution in [0.4, 0.5) is 4.79 Å². The number of hydrogen-bond donors (Lipinski definition) is 2. The average Bonchev–Trinajstić information content (AvgIpc) is 2.91. The molecule has 0 bridgehead atoms. The summed E-state index contributed by atoms with van der Waals surface area (Å²) < 4.78 is 0. The molecular weight excluding hydrogens is 178 g/mol. The van der Waals surface area contributed by atoms with Crippen molar-refractivity contribution < 1.29 is 4.79 Å². The van der Waals surface area contributed by atoms with E-state index in [9.17, 15) is 4.79 Å². The molecule has 1 saturated heterocycles. The minimum atomic E-state index is -0.0669. The van der Waals surface area contributed by atoms with Gasteiger partial charge in [0.15, 0.2) is 0 Å². The Labute approximate surface area is 84.2 Å². The average molecular weight is 195 g/mol. The van der Waals surface area contributed by atoms with Crippen molar-refractivity contribution >= 4 is 11.9 Å². The van der Waals surface area contributed by atoms with Gasteiger partial charge in [-0.15, -0.1) is 0 Å². The summed E-state index contributed by atoms with van der Waals surface area (Å²) in [6, 6.07) is 0.333. The van der Waals surface area contributed by atoms with E-state index in [4.69, 9.17) is 5.41 Å². The number of urea groups is 1. The quantitative estimate of drug-likeness (QED) is 0.705. The van der Waals surface area contributed by atoms with Gasteiger partial charge in [0.1, 0.15) is 5.84 Å². The van der Waals surface area contributed by atoms with Crippen LogP contribution in [-0.4, -0.2) is 28.9 Å². The van der Waals surface area contributed by atoms with Gasteiger partial charge < -0.3 is 4.90 Å². The molecule has 0 spiro atoms. The Morgan fingerprint density at radius 3 is 2.79 bits per heavy atom. The molecule has 0 aromatic heterocycles. The minimum Gasteiger partial charge on any atom is -0.311 e. The Balaban J connectivity index is 2.17. The molecule has 4 nitrogen and oxygen atoms in total. The van der Waals surface area contributed by atoms with Crippen molar-refractivity contribution in [3.05, 3.63) is 0 Å².